The van der Waals surface area contributed by atoms with Gasteiger partial charge in [-0.2, -0.15) is 0 Å². The van der Waals surface area contributed by atoms with Gasteiger partial charge in [0, 0.05) is 13.2 Å². The van der Waals surface area contributed by atoms with E-state index in [-0.39, 0.29) is 5.60 Å². The molecule has 1 aliphatic rings. The lowest BCUT2D eigenvalue weighted by molar-refractivity contribution is -0.0351. The monoisotopic (exact) mass is 213 g/mol. The van der Waals surface area contributed by atoms with Crippen LogP contribution in [0.4, 0.5) is 0 Å². The van der Waals surface area contributed by atoms with Gasteiger partial charge in [0.15, 0.2) is 0 Å². The Balaban J connectivity index is 2.02. The van der Waals surface area contributed by atoms with Gasteiger partial charge in [0.2, 0.25) is 0 Å². The van der Waals surface area contributed by atoms with Crippen LogP contribution in [0.2, 0.25) is 0 Å². The largest absolute Gasteiger partial charge is 0.374 e. The third-order valence-electron chi connectivity index (χ3n) is 3.54. The minimum absolute atomic E-state index is 0.0603. The maximum absolute atomic E-state index is 5.99. The van der Waals surface area contributed by atoms with Gasteiger partial charge in [-0.15, -0.1) is 0 Å². The Morgan fingerprint density at radius 3 is 2.33 bits per heavy atom. The average Bonchev–Trinajstić information content (AvgIpc) is 2.73. The maximum Gasteiger partial charge on any atom is 0.0804 e. The van der Waals surface area contributed by atoms with Crippen molar-refractivity contribution in [3.05, 3.63) is 0 Å². The molecule has 90 valence electrons. The van der Waals surface area contributed by atoms with E-state index in [0.717, 1.165) is 6.61 Å². The quantitative estimate of drug-likeness (QED) is 0.628. The van der Waals surface area contributed by atoms with Crippen LogP contribution in [-0.2, 0) is 4.74 Å². The van der Waals surface area contributed by atoms with E-state index in [4.69, 9.17) is 10.5 Å². The highest BCUT2D eigenvalue weighted by Crippen LogP contribution is 2.32. The first-order chi connectivity index (χ1) is 7.33. The zero-order chi connectivity index (χ0) is 11.0. The molecule has 0 radical (unpaired) electrons. The Bertz CT molecular complexity index is 153. The number of rotatable bonds is 8. The van der Waals surface area contributed by atoms with Gasteiger partial charge in [-0.05, 0) is 19.3 Å². The molecule has 1 aliphatic carbocycles. The Morgan fingerprint density at radius 1 is 1.07 bits per heavy atom. The standard InChI is InChI=1S/C13H27NO/c1-2-3-4-5-8-11-15-13(12-14)9-6-7-10-13/h2-12,14H2,1H3. The van der Waals surface area contributed by atoms with Gasteiger partial charge in [-0.1, -0.05) is 45.4 Å². The second-order valence-corrected chi connectivity index (χ2v) is 4.86. The molecule has 2 N–H and O–H groups in total. The van der Waals surface area contributed by atoms with Crippen molar-refractivity contribution >= 4 is 0 Å². The first-order valence-electron chi connectivity index (χ1n) is 6.67. The molecule has 2 heteroatoms. The Labute approximate surface area is 94.6 Å². The van der Waals surface area contributed by atoms with E-state index in [1.807, 2.05) is 0 Å². The first kappa shape index (κ1) is 13.0. The van der Waals surface area contributed by atoms with Crippen molar-refractivity contribution in [3.63, 3.8) is 0 Å². The van der Waals surface area contributed by atoms with E-state index < -0.39 is 0 Å². The van der Waals surface area contributed by atoms with Crippen LogP contribution in [0.1, 0.15) is 64.7 Å². The zero-order valence-corrected chi connectivity index (χ0v) is 10.3. The van der Waals surface area contributed by atoms with Gasteiger partial charge in [-0.3, -0.25) is 0 Å². The van der Waals surface area contributed by atoms with Crippen LogP contribution in [0.3, 0.4) is 0 Å². The maximum atomic E-state index is 5.99. The highest BCUT2D eigenvalue weighted by atomic mass is 16.5. The predicted molar refractivity (Wildman–Crippen MR) is 65.0 cm³/mol. The van der Waals surface area contributed by atoms with E-state index in [9.17, 15) is 0 Å². The van der Waals surface area contributed by atoms with Crippen molar-refractivity contribution < 1.29 is 4.74 Å². The van der Waals surface area contributed by atoms with Crippen molar-refractivity contribution in [1.82, 2.24) is 0 Å². The van der Waals surface area contributed by atoms with Gasteiger partial charge < -0.3 is 10.5 Å². The summed E-state index contributed by atoms with van der Waals surface area (Å²) in [7, 11) is 0. The molecular weight excluding hydrogens is 186 g/mol. The second kappa shape index (κ2) is 7.24. The van der Waals surface area contributed by atoms with E-state index in [0.29, 0.717) is 6.54 Å². The van der Waals surface area contributed by atoms with Crippen LogP contribution in [0.25, 0.3) is 0 Å². The highest BCUT2D eigenvalue weighted by Gasteiger charge is 2.32. The summed E-state index contributed by atoms with van der Waals surface area (Å²) in [6, 6.07) is 0. The number of hydrogen-bond donors (Lipinski definition) is 1. The van der Waals surface area contributed by atoms with Crippen molar-refractivity contribution in [2.45, 2.75) is 70.3 Å². The normalized spacial score (nSPS) is 19.6. The molecule has 0 spiro atoms. The fourth-order valence-electron chi connectivity index (χ4n) is 2.42. The highest BCUT2D eigenvalue weighted by molar-refractivity contribution is 4.87. The molecule has 0 aliphatic heterocycles. The fourth-order valence-corrected chi connectivity index (χ4v) is 2.42. The molecule has 0 aromatic carbocycles. The topological polar surface area (TPSA) is 35.2 Å². The van der Waals surface area contributed by atoms with Gasteiger partial charge in [-0.25, -0.2) is 0 Å². The predicted octanol–water partition coefficient (Wildman–Crippen LogP) is 3.24. The number of unbranched alkanes of at least 4 members (excludes halogenated alkanes) is 4. The van der Waals surface area contributed by atoms with Crippen molar-refractivity contribution in [1.29, 1.82) is 0 Å². The van der Waals surface area contributed by atoms with Crippen LogP contribution >= 0.6 is 0 Å². The van der Waals surface area contributed by atoms with Crippen molar-refractivity contribution in [2.75, 3.05) is 13.2 Å². The summed E-state index contributed by atoms with van der Waals surface area (Å²) >= 11 is 0. The molecule has 2 nitrogen and oxygen atoms in total. The van der Waals surface area contributed by atoms with E-state index >= 15 is 0 Å². The Morgan fingerprint density at radius 2 is 1.73 bits per heavy atom. The minimum atomic E-state index is 0.0603. The van der Waals surface area contributed by atoms with Crippen molar-refractivity contribution in [3.8, 4) is 0 Å². The van der Waals surface area contributed by atoms with E-state index in [2.05, 4.69) is 6.92 Å². The van der Waals surface area contributed by atoms with Crippen molar-refractivity contribution in [2.24, 2.45) is 5.73 Å². The lowest BCUT2D eigenvalue weighted by atomic mass is 10.0. The summed E-state index contributed by atoms with van der Waals surface area (Å²) in [5.74, 6) is 0. The fraction of sp³-hybridized carbons (Fsp3) is 1.00. The molecule has 0 atom stereocenters. The van der Waals surface area contributed by atoms with Gasteiger partial charge in [0.1, 0.15) is 0 Å². The summed E-state index contributed by atoms with van der Waals surface area (Å²) in [6.07, 6.45) is 11.5. The lowest BCUT2D eigenvalue weighted by Gasteiger charge is -2.27. The zero-order valence-electron chi connectivity index (χ0n) is 10.3. The number of nitrogens with two attached hydrogens (primary N) is 1. The lowest BCUT2D eigenvalue weighted by Crippen LogP contribution is -2.38. The number of hydrogen-bond acceptors (Lipinski definition) is 2. The first-order valence-corrected chi connectivity index (χ1v) is 6.67. The van der Waals surface area contributed by atoms with Crippen LogP contribution in [0.5, 0.6) is 0 Å². The van der Waals surface area contributed by atoms with E-state index in [1.54, 1.807) is 0 Å². The molecule has 0 aromatic heterocycles. The number of ether oxygens (including phenoxy) is 1. The molecule has 1 fully saturated rings. The van der Waals surface area contributed by atoms with E-state index in [1.165, 1.54) is 57.8 Å². The molecule has 0 bridgehead atoms. The molecular formula is C13H27NO. The molecule has 15 heavy (non-hydrogen) atoms. The van der Waals surface area contributed by atoms with Crippen LogP contribution < -0.4 is 5.73 Å². The second-order valence-electron chi connectivity index (χ2n) is 4.86. The SMILES string of the molecule is CCCCCCCOC1(CN)CCCC1. The molecule has 0 amide bonds. The molecule has 0 unspecified atom stereocenters. The van der Waals surface area contributed by atoms with Gasteiger partial charge in [0.25, 0.3) is 0 Å². The summed E-state index contributed by atoms with van der Waals surface area (Å²) in [5.41, 5.74) is 5.87. The summed E-state index contributed by atoms with van der Waals surface area (Å²) in [4.78, 5) is 0. The molecule has 0 saturated heterocycles. The summed E-state index contributed by atoms with van der Waals surface area (Å²) < 4.78 is 5.99. The molecule has 0 heterocycles. The summed E-state index contributed by atoms with van der Waals surface area (Å²) in [5, 5.41) is 0. The van der Waals surface area contributed by atoms with Crippen LogP contribution in [0.15, 0.2) is 0 Å². The molecule has 1 rings (SSSR count). The molecule has 0 aromatic rings. The minimum Gasteiger partial charge on any atom is -0.374 e. The van der Waals surface area contributed by atoms with Gasteiger partial charge in [0.05, 0.1) is 5.60 Å². The smallest absolute Gasteiger partial charge is 0.0804 e. The van der Waals surface area contributed by atoms with Crippen LogP contribution in [0, 0.1) is 0 Å². The third-order valence-corrected chi connectivity index (χ3v) is 3.54. The Hall–Kier alpha value is -0.0800. The van der Waals surface area contributed by atoms with Gasteiger partial charge >= 0.3 is 0 Å². The third kappa shape index (κ3) is 4.52. The summed E-state index contributed by atoms with van der Waals surface area (Å²) in [6.45, 7) is 3.88. The molecule has 1 saturated carbocycles. The Kier molecular flexibility index (Phi) is 6.26. The average molecular weight is 213 g/mol. The van der Waals surface area contributed by atoms with Crippen LogP contribution in [-0.4, -0.2) is 18.8 Å².